The minimum Gasteiger partial charge on any atom is -0.368 e. The molecule has 0 unspecified atom stereocenters. The summed E-state index contributed by atoms with van der Waals surface area (Å²) in [6.45, 7) is 6.53. The van der Waals surface area contributed by atoms with Crippen molar-refractivity contribution in [3.63, 3.8) is 0 Å². The second-order valence-corrected chi connectivity index (χ2v) is 3.78. The molecule has 0 amide bonds. The first-order chi connectivity index (χ1) is 7.61. The predicted octanol–water partition coefficient (Wildman–Crippen LogP) is 2.12. The van der Waals surface area contributed by atoms with Crippen LogP contribution >= 0.6 is 11.6 Å². The largest absolute Gasteiger partial charge is 0.368 e. The van der Waals surface area contributed by atoms with Crippen molar-refractivity contribution < 1.29 is 0 Å². The van der Waals surface area contributed by atoms with Gasteiger partial charge in [0.15, 0.2) is 17.0 Å². The maximum atomic E-state index is 5.82. The van der Waals surface area contributed by atoms with Gasteiger partial charge in [0.2, 0.25) is 5.28 Å². The fourth-order valence-corrected chi connectivity index (χ4v) is 1.54. The van der Waals surface area contributed by atoms with Crippen LogP contribution in [-0.4, -0.2) is 26.5 Å². The van der Waals surface area contributed by atoms with Crippen molar-refractivity contribution in [2.24, 2.45) is 0 Å². The second kappa shape index (κ2) is 4.17. The van der Waals surface area contributed by atoms with Gasteiger partial charge in [0.25, 0.3) is 0 Å². The first kappa shape index (κ1) is 11.0. The Balaban J connectivity index is 2.74. The third kappa shape index (κ3) is 1.90. The lowest BCUT2D eigenvalue weighted by Gasteiger charge is -2.07. The first-order valence-electron chi connectivity index (χ1n) is 5.04. The topological polar surface area (TPSA) is 63.6 Å². The molecule has 2 rings (SSSR count). The van der Waals surface area contributed by atoms with E-state index >= 15 is 0 Å². The number of aryl methyl sites for hydroxylation is 2. The van der Waals surface area contributed by atoms with Crippen molar-refractivity contribution >= 4 is 28.6 Å². The Kier molecular flexibility index (Phi) is 2.87. The maximum absolute atomic E-state index is 5.82. The fourth-order valence-electron chi connectivity index (χ4n) is 1.38. The summed E-state index contributed by atoms with van der Waals surface area (Å²) in [5.41, 5.74) is 2.91. The van der Waals surface area contributed by atoms with Crippen LogP contribution in [0.25, 0.3) is 11.2 Å². The van der Waals surface area contributed by atoms with Crippen LogP contribution in [0.2, 0.25) is 5.28 Å². The van der Waals surface area contributed by atoms with Crippen LogP contribution in [0.3, 0.4) is 0 Å². The molecular weight excluding hydrogens is 226 g/mol. The van der Waals surface area contributed by atoms with Crippen molar-refractivity contribution in [1.82, 2.24) is 19.9 Å². The van der Waals surface area contributed by atoms with Gasteiger partial charge in [-0.2, -0.15) is 9.97 Å². The molecule has 16 heavy (non-hydrogen) atoms. The van der Waals surface area contributed by atoms with Crippen LogP contribution in [0.4, 0.5) is 5.82 Å². The summed E-state index contributed by atoms with van der Waals surface area (Å²) in [6, 6.07) is 0. The van der Waals surface area contributed by atoms with Gasteiger partial charge >= 0.3 is 0 Å². The van der Waals surface area contributed by atoms with Crippen LogP contribution in [0, 0.1) is 13.8 Å². The van der Waals surface area contributed by atoms with E-state index in [1.54, 1.807) is 0 Å². The van der Waals surface area contributed by atoms with E-state index in [0.29, 0.717) is 17.0 Å². The van der Waals surface area contributed by atoms with Gasteiger partial charge in [-0.1, -0.05) is 0 Å². The third-order valence-electron chi connectivity index (χ3n) is 2.26. The Morgan fingerprint density at radius 1 is 1.06 bits per heavy atom. The van der Waals surface area contributed by atoms with Gasteiger partial charge in [0.05, 0.1) is 11.4 Å². The molecular formula is C10H12ClN5. The molecule has 0 fully saturated rings. The SMILES string of the molecule is CCNc1nc(Cl)nc2nc(C)c(C)nc12. The summed E-state index contributed by atoms with van der Waals surface area (Å²) in [5.74, 6) is 0.633. The minimum atomic E-state index is 0.181. The number of fused-ring (bicyclic) bond motifs is 1. The van der Waals surface area contributed by atoms with Crippen LogP contribution in [0.1, 0.15) is 18.3 Å². The lowest BCUT2D eigenvalue weighted by atomic mass is 10.3. The highest BCUT2D eigenvalue weighted by molar-refractivity contribution is 6.28. The number of rotatable bonds is 2. The normalized spacial score (nSPS) is 10.8. The average molecular weight is 238 g/mol. The van der Waals surface area contributed by atoms with Crippen molar-refractivity contribution in [2.75, 3.05) is 11.9 Å². The summed E-state index contributed by atoms with van der Waals surface area (Å²) >= 11 is 5.82. The molecule has 2 aromatic heterocycles. The molecule has 0 aliphatic rings. The molecule has 0 aliphatic heterocycles. The standard InChI is InChI=1S/C10H12ClN5/c1-4-12-8-7-9(16-10(11)15-8)14-6(3)5(2)13-7/h4H2,1-3H3,(H,12,14,15,16). The molecule has 0 aliphatic carbocycles. The molecule has 0 spiro atoms. The maximum Gasteiger partial charge on any atom is 0.226 e. The Morgan fingerprint density at radius 3 is 2.44 bits per heavy atom. The molecule has 0 bridgehead atoms. The number of halogens is 1. The number of hydrogen-bond donors (Lipinski definition) is 1. The van der Waals surface area contributed by atoms with Gasteiger partial charge in [-0.3, -0.25) is 0 Å². The molecule has 0 radical (unpaired) electrons. The van der Waals surface area contributed by atoms with Gasteiger partial charge in [0.1, 0.15) is 0 Å². The van der Waals surface area contributed by atoms with Gasteiger partial charge in [-0.05, 0) is 32.4 Å². The molecule has 1 N–H and O–H groups in total. The van der Waals surface area contributed by atoms with Gasteiger partial charge < -0.3 is 5.32 Å². The van der Waals surface area contributed by atoms with E-state index in [1.807, 2.05) is 20.8 Å². The van der Waals surface area contributed by atoms with Crippen LogP contribution in [0.15, 0.2) is 0 Å². The summed E-state index contributed by atoms with van der Waals surface area (Å²) in [4.78, 5) is 16.9. The smallest absolute Gasteiger partial charge is 0.226 e. The van der Waals surface area contributed by atoms with Crippen molar-refractivity contribution in [3.05, 3.63) is 16.7 Å². The van der Waals surface area contributed by atoms with Crippen molar-refractivity contribution in [2.45, 2.75) is 20.8 Å². The quantitative estimate of drug-likeness (QED) is 0.811. The lowest BCUT2D eigenvalue weighted by molar-refractivity contribution is 1.05. The van der Waals surface area contributed by atoms with Gasteiger partial charge in [-0.25, -0.2) is 9.97 Å². The van der Waals surface area contributed by atoms with Crippen LogP contribution in [-0.2, 0) is 0 Å². The summed E-state index contributed by atoms with van der Waals surface area (Å²) in [6.07, 6.45) is 0. The Hall–Kier alpha value is -1.49. The first-order valence-corrected chi connectivity index (χ1v) is 5.42. The van der Waals surface area contributed by atoms with E-state index in [2.05, 4.69) is 25.3 Å². The predicted molar refractivity (Wildman–Crippen MR) is 63.8 cm³/mol. The highest BCUT2D eigenvalue weighted by Crippen LogP contribution is 2.19. The highest BCUT2D eigenvalue weighted by atomic mass is 35.5. The minimum absolute atomic E-state index is 0.181. The molecule has 5 nitrogen and oxygen atoms in total. The molecule has 0 atom stereocenters. The molecule has 0 saturated heterocycles. The monoisotopic (exact) mass is 237 g/mol. The number of nitrogens with zero attached hydrogens (tertiary/aromatic N) is 4. The Bertz CT molecular complexity index is 540. The molecule has 2 heterocycles. The summed E-state index contributed by atoms with van der Waals surface area (Å²) in [7, 11) is 0. The molecule has 0 aromatic carbocycles. The van der Waals surface area contributed by atoms with E-state index in [1.165, 1.54) is 0 Å². The van der Waals surface area contributed by atoms with E-state index in [9.17, 15) is 0 Å². The number of hydrogen-bond acceptors (Lipinski definition) is 5. The van der Waals surface area contributed by atoms with E-state index in [-0.39, 0.29) is 5.28 Å². The second-order valence-electron chi connectivity index (χ2n) is 3.44. The summed E-state index contributed by atoms with van der Waals surface area (Å²) in [5, 5.41) is 3.28. The molecule has 0 saturated carbocycles. The highest BCUT2D eigenvalue weighted by Gasteiger charge is 2.10. The molecule has 2 aromatic rings. The number of aromatic nitrogens is 4. The van der Waals surface area contributed by atoms with Gasteiger partial charge in [0, 0.05) is 6.54 Å². The lowest BCUT2D eigenvalue weighted by Crippen LogP contribution is -2.05. The zero-order valence-corrected chi connectivity index (χ0v) is 10.1. The fraction of sp³-hybridized carbons (Fsp3) is 0.400. The molecule has 6 heteroatoms. The Morgan fingerprint density at radius 2 is 1.75 bits per heavy atom. The average Bonchev–Trinajstić information content (AvgIpc) is 2.21. The van der Waals surface area contributed by atoms with E-state index in [4.69, 9.17) is 11.6 Å². The molecule has 84 valence electrons. The van der Waals surface area contributed by atoms with E-state index in [0.717, 1.165) is 17.9 Å². The van der Waals surface area contributed by atoms with Crippen LogP contribution in [0.5, 0.6) is 0 Å². The van der Waals surface area contributed by atoms with Crippen LogP contribution < -0.4 is 5.32 Å². The zero-order valence-electron chi connectivity index (χ0n) is 9.37. The Labute approximate surface area is 98.3 Å². The zero-order chi connectivity index (χ0) is 11.7. The number of nitrogens with one attached hydrogen (secondary N) is 1. The van der Waals surface area contributed by atoms with E-state index < -0.39 is 0 Å². The number of anilines is 1. The van der Waals surface area contributed by atoms with Gasteiger partial charge in [-0.15, -0.1) is 0 Å². The third-order valence-corrected chi connectivity index (χ3v) is 2.43. The van der Waals surface area contributed by atoms with Crippen molar-refractivity contribution in [3.8, 4) is 0 Å². The summed E-state index contributed by atoms with van der Waals surface area (Å²) < 4.78 is 0. The van der Waals surface area contributed by atoms with Crippen molar-refractivity contribution in [1.29, 1.82) is 0 Å².